The molecule has 1 aliphatic heterocycles. The summed E-state index contributed by atoms with van der Waals surface area (Å²) in [5, 5.41) is 0. The summed E-state index contributed by atoms with van der Waals surface area (Å²) in [6, 6.07) is 0.694. The van der Waals surface area contributed by atoms with Crippen LogP contribution >= 0.6 is 11.8 Å². The van der Waals surface area contributed by atoms with Crippen LogP contribution < -0.4 is 0 Å². The number of Topliss-reactive ketones (excluding diaryl/α,β-unsaturated/α-hetero) is 1. The van der Waals surface area contributed by atoms with Crippen molar-refractivity contribution >= 4 is 17.5 Å². The van der Waals surface area contributed by atoms with Crippen LogP contribution in [0, 0.1) is 5.92 Å². The quantitative estimate of drug-likeness (QED) is 0.690. The number of hydrogen-bond donors (Lipinski definition) is 0. The summed E-state index contributed by atoms with van der Waals surface area (Å²) in [4.78, 5) is 13.1. The zero-order chi connectivity index (χ0) is 9.84. The second-order valence-corrected chi connectivity index (χ2v) is 5.18. The monoisotopic (exact) mass is 201 g/mol. The van der Waals surface area contributed by atoms with Crippen LogP contribution in [-0.2, 0) is 4.79 Å². The second-order valence-electron chi connectivity index (χ2n) is 4.15. The molecule has 13 heavy (non-hydrogen) atoms. The standard InChI is InChI=1S/C10H19NOS/c1-8-4-10(11(3)5-8)7-13-6-9(2)12/h8,10H,4-7H2,1-3H3. The van der Waals surface area contributed by atoms with Gasteiger partial charge in [-0.2, -0.15) is 11.8 Å². The van der Waals surface area contributed by atoms with Gasteiger partial charge in [-0.3, -0.25) is 4.79 Å². The average molecular weight is 201 g/mol. The smallest absolute Gasteiger partial charge is 0.139 e. The summed E-state index contributed by atoms with van der Waals surface area (Å²) in [6.07, 6.45) is 1.29. The molecule has 0 aliphatic carbocycles. The van der Waals surface area contributed by atoms with Crippen LogP contribution in [0.4, 0.5) is 0 Å². The van der Waals surface area contributed by atoms with Crippen molar-refractivity contribution in [3.63, 3.8) is 0 Å². The fourth-order valence-corrected chi connectivity index (χ4v) is 2.96. The molecular formula is C10H19NOS. The maximum absolute atomic E-state index is 10.7. The molecule has 76 valence electrons. The highest BCUT2D eigenvalue weighted by atomic mass is 32.2. The van der Waals surface area contributed by atoms with Gasteiger partial charge >= 0.3 is 0 Å². The van der Waals surface area contributed by atoms with E-state index < -0.39 is 0 Å². The lowest BCUT2D eigenvalue weighted by molar-refractivity contribution is -0.114. The first-order valence-corrected chi connectivity index (χ1v) is 6.02. The van der Waals surface area contributed by atoms with Gasteiger partial charge in [-0.05, 0) is 26.3 Å². The van der Waals surface area contributed by atoms with Gasteiger partial charge in [0.1, 0.15) is 5.78 Å². The van der Waals surface area contributed by atoms with Crippen LogP contribution in [0.5, 0.6) is 0 Å². The Labute approximate surface area is 85.1 Å². The zero-order valence-electron chi connectivity index (χ0n) is 8.75. The molecule has 2 atom stereocenters. The lowest BCUT2D eigenvalue weighted by Gasteiger charge is -2.18. The Morgan fingerprint density at radius 3 is 2.77 bits per heavy atom. The number of carbonyl (C=O) groups is 1. The van der Waals surface area contributed by atoms with E-state index in [1.165, 1.54) is 13.0 Å². The summed E-state index contributed by atoms with van der Waals surface area (Å²) >= 11 is 1.77. The summed E-state index contributed by atoms with van der Waals surface area (Å²) < 4.78 is 0. The van der Waals surface area contributed by atoms with E-state index in [2.05, 4.69) is 18.9 Å². The zero-order valence-corrected chi connectivity index (χ0v) is 9.56. The maximum Gasteiger partial charge on any atom is 0.139 e. The molecule has 3 heteroatoms. The Bertz CT molecular complexity index is 184. The van der Waals surface area contributed by atoms with Crippen molar-refractivity contribution < 1.29 is 4.79 Å². The van der Waals surface area contributed by atoms with Gasteiger partial charge in [0.15, 0.2) is 0 Å². The molecule has 0 amide bonds. The number of likely N-dealkylation sites (tertiary alicyclic amines) is 1. The summed E-state index contributed by atoms with van der Waals surface area (Å²) in [7, 11) is 2.18. The highest BCUT2D eigenvalue weighted by Crippen LogP contribution is 2.23. The van der Waals surface area contributed by atoms with Gasteiger partial charge in [-0.25, -0.2) is 0 Å². The summed E-state index contributed by atoms with van der Waals surface area (Å²) in [5.74, 6) is 2.91. The maximum atomic E-state index is 10.7. The minimum absolute atomic E-state index is 0.290. The minimum atomic E-state index is 0.290. The highest BCUT2D eigenvalue weighted by molar-refractivity contribution is 8.00. The van der Waals surface area contributed by atoms with Gasteiger partial charge in [0.25, 0.3) is 0 Å². The summed E-state index contributed by atoms with van der Waals surface area (Å²) in [6.45, 7) is 5.17. The van der Waals surface area contributed by atoms with Crippen molar-refractivity contribution in [1.29, 1.82) is 0 Å². The third-order valence-electron chi connectivity index (χ3n) is 2.51. The molecule has 1 rings (SSSR count). The number of nitrogens with zero attached hydrogens (tertiary/aromatic N) is 1. The van der Waals surface area contributed by atoms with Crippen molar-refractivity contribution in [3.8, 4) is 0 Å². The molecule has 0 aromatic heterocycles. The average Bonchev–Trinajstić information content (AvgIpc) is 2.29. The van der Waals surface area contributed by atoms with Crippen LogP contribution in [0.15, 0.2) is 0 Å². The Hall–Kier alpha value is -0.0200. The van der Waals surface area contributed by atoms with Crippen LogP contribution in [-0.4, -0.2) is 41.8 Å². The van der Waals surface area contributed by atoms with Gasteiger partial charge < -0.3 is 4.90 Å². The van der Waals surface area contributed by atoms with Crippen molar-refractivity contribution in [2.45, 2.75) is 26.3 Å². The number of thioether (sulfide) groups is 1. The van der Waals surface area contributed by atoms with Crippen molar-refractivity contribution in [3.05, 3.63) is 0 Å². The first kappa shape index (κ1) is 11.1. The van der Waals surface area contributed by atoms with Gasteiger partial charge in [0.2, 0.25) is 0 Å². The summed E-state index contributed by atoms with van der Waals surface area (Å²) in [5.41, 5.74) is 0. The van der Waals surface area contributed by atoms with Crippen LogP contribution in [0.3, 0.4) is 0 Å². The van der Waals surface area contributed by atoms with Gasteiger partial charge in [-0.1, -0.05) is 6.92 Å². The Morgan fingerprint density at radius 1 is 1.62 bits per heavy atom. The molecule has 1 aliphatic rings. The van der Waals surface area contributed by atoms with E-state index in [0.717, 1.165) is 11.7 Å². The molecule has 0 spiro atoms. The molecule has 0 N–H and O–H groups in total. The van der Waals surface area contributed by atoms with E-state index in [9.17, 15) is 4.79 Å². The molecule has 0 bridgehead atoms. The highest BCUT2D eigenvalue weighted by Gasteiger charge is 2.25. The van der Waals surface area contributed by atoms with E-state index in [1.54, 1.807) is 18.7 Å². The molecule has 0 aromatic carbocycles. The number of rotatable bonds is 4. The Morgan fingerprint density at radius 2 is 2.31 bits per heavy atom. The molecule has 1 heterocycles. The van der Waals surface area contributed by atoms with Crippen LogP contribution in [0.1, 0.15) is 20.3 Å². The van der Waals surface area contributed by atoms with Crippen LogP contribution in [0.2, 0.25) is 0 Å². The lowest BCUT2D eigenvalue weighted by atomic mass is 10.1. The van der Waals surface area contributed by atoms with E-state index in [1.807, 2.05) is 0 Å². The third-order valence-corrected chi connectivity index (χ3v) is 3.74. The van der Waals surface area contributed by atoms with E-state index in [4.69, 9.17) is 0 Å². The number of carbonyl (C=O) groups excluding carboxylic acids is 1. The van der Waals surface area contributed by atoms with Gasteiger partial charge in [0.05, 0.1) is 5.75 Å². The van der Waals surface area contributed by atoms with Gasteiger partial charge in [-0.15, -0.1) is 0 Å². The molecule has 0 saturated carbocycles. The fourth-order valence-electron chi connectivity index (χ4n) is 1.89. The molecule has 1 fully saturated rings. The van der Waals surface area contributed by atoms with Gasteiger partial charge in [0, 0.05) is 18.3 Å². The predicted molar refractivity (Wildman–Crippen MR) is 58.2 cm³/mol. The minimum Gasteiger partial charge on any atom is -0.302 e. The van der Waals surface area contributed by atoms with E-state index >= 15 is 0 Å². The van der Waals surface area contributed by atoms with Crippen LogP contribution in [0.25, 0.3) is 0 Å². The van der Waals surface area contributed by atoms with E-state index in [-0.39, 0.29) is 0 Å². The molecule has 2 nitrogen and oxygen atoms in total. The van der Waals surface area contributed by atoms with Crippen molar-refractivity contribution in [2.75, 3.05) is 25.1 Å². The third kappa shape index (κ3) is 3.69. The molecule has 0 aromatic rings. The normalized spacial score (nSPS) is 29.5. The predicted octanol–water partition coefficient (Wildman–Crippen LogP) is 1.65. The topological polar surface area (TPSA) is 20.3 Å². The molecule has 1 saturated heterocycles. The first-order valence-electron chi connectivity index (χ1n) is 4.87. The number of ketones is 1. The number of hydrogen-bond acceptors (Lipinski definition) is 3. The molecular weight excluding hydrogens is 182 g/mol. The van der Waals surface area contributed by atoms with Crippen molar-refractivity contribution in [1.82, 2.24) is 4.90 Å². The first-order chi connectivity index (χ1) is 6.09. The SMILES string of the molecule is CC(=O)CSCC1CC(C)CN1C. The second kappa shape index (κ2) is 5.01. The Balaban J connectivity index is 2.18. The molecule has 0 radical (unpaired) electrons. The fraction of sp³-hybridized carbons (Fsp3) is 0.900. The van der Waals surface area contributed by atoms with E-state index in [0.29, 0.717) is 17.6 Å². The Kier molecular flexibility index (Phi) is 4.26. The molecule has 2 unspecified atom stereocenters. The lowest BCUT2D eigenvalue weighted by Crippen LogP contribution is -2.27. The van der Waals surface area contributed by atoms with Crippen molar-refractivity contribution in [2.24, 2.45) is 5.92 Å². The largest absolute Gasteiger partial charge is 0.302 e.